The number of aryl methyl sites for hydroxylation is 1. The van der Waals surface area contributed by atoms with E-state index in [0.717, 1.165) is 39.5 Å². The molecule has 3 N–H and O–H groups in total. The number of benzene rings is 3. The van der Waals surface area contributed by atoms with Crippen molar-refractivity contribution in [1.82, 2.24) is 14.6 Å². The van der Waals surface area contributed by atoms with E-state index in [1.165, 1.54) is 0 Å². The largest absolute Gasteiger partial charge is 0.493 e. The van der Waals surface area contributed by atoms with Gasteiger partial charge in [-0.05, 0) is 66.9 Å². The first-order valence-electron chi connectivity index (χ1n) is 13.3. The number of aliphatic hydroxyl groups excluding tert-OH is 1. The summed E-state index contributed by atoms with van der Waals surface area (Å²) in [7, 11) is -3.37. The van der Waals surface area contributed by atoms with Gasteiger partial charge in [-0.15, -0.1) is 0 Å². The van der Waals surface area contributed by atoms with Gasteiger partial charge in [0.2, 0.25) is 10.0 Å². The molecule has 0 aliphatic carbocycles. The first-order valence-corrected chi connectivity index (χ1v) is 15.5. The van der Waals surface area contributed by atoms with Crippen molar-refractivity contribution in [2.75, 3.05) is 26.0 Å². The lowest BCUT2D eigenvalue weighted by Crippen LogP contribution is -2.42. The number of aromatic nitrogens is 1. The van der Waals surface area contributed by atoms with Gasteiger partial charge in [-0.2, -0.15) is 0 Å². The molecule has 2 atom stereocenters. The standard InChI is InChI=1S/C30H32ClN3O6S/c1-19-3-8-24(9-4-19)40-30(36)34-15-13-25-26-17-21(31)7-12-27(26)33-28(25)29(34)20-5-10-23(11-6-20)39-16-14-22(35)18-32-41(2,37)38/h3-12,17,22,29,32-33,35H,13-16,18H2,1-2H3/t22?,29-/m0/s1. The van der Waals surface area contributed by atoms with Crippen molar-refractivity contribution in [3.63, 3.8) is 0 Å². The SMILES string of the molecule is Cc1ccc(OC(=O)N2CCc3c([nH]c4ccc(Cl)cc34)[C@@H]2c2ccc(OCCC(O)CNS(C)(=O)=O)cc2)cc1. The number of nitrogens with one attached hydrogen (secondary N) is 2. The molecule has 41 heavy (non-hydrogen) atoms. The van der Waals surface area contributed by atoms with Gasteiger partial charge in [0.05, 0.1) is 19.0 Å². The maximum Gasteiger partial charge on any atom is 0.416 e. The summed E-state index contributed by atoms with van der Waals surface area (Å²) in [5.41, 5.74) is 4.91. The number of carbonyl (C=O) groups is 1. The van der Waals surface area contributed by atoms with Gasteiger partial charge in [0.15, 0.2) is 0 Å². The normalized spacial score (nSPS) is 15.9. The number of rotatable bonds is 9. The third-order valence-corrected chi connectivity index (χ3v) is 7.97. The van der Waals surface area contributed by atoms with Crippen LogP contribution in [0.25, 0.3) is 10.9 Å². The maximum absolute atomic E-state index is 13.5. The summed E-state index contributed by atoms with van der Waals surface area (Å²) in [4.78, 5) is 18.7. The predicted molar refractivity (Wildman–Crippen MR) is 158 cm³/mol. The Morgan fingerprint density at radius 3 is 2.54 bits per heavy atom. The lowest BCUT2D eigenvalue weighted by molar-refractivity contribution is 0.135. The summed E-state index contributed by atoms with van der Waals surface area (Å²) in [5.74, 6) is 1.07. The fourth-order valence-corrected chi connectivity index (χ4v) is 5.65. The zero-order chi connectivity index (χ0) is 29.1. The van der Waals surface area contributed by atoms with E-state index in [4.69, 9.17) is 21.1 Å². The number of amides is 1. The van der Waals surface area contributed by atoms with Crippen LogP contribution in [0, 0.1) is 6.92 Å². The van der Waals surface area contributed by atoms with E-state index in [2.05, 4.69) is 9.71 Å². The number of fused-ring (bicyclic) bond motifs is 3. The Kier molecular flexibility index (Phi) is 8.55. The number of aliphatic hydroxyl groups is 1. The number of hydrogen-bond acceptors (Lipinski definition) is 6. The molecule has 0 saturated heterocycles. The van der Waals surface area contributed by atoms with Crippen LogP contribution in [0.5, 0.6) is 11.5 Å². The van der Waals surface area contributed by atoms with Crippen LogP contribution in [0.1, 0.15) is 34.8 Å². The minimum absolute atomic E-state index is 0.0740. The van der Waals surface area contributed by atoms with Crippen LogP contribution >= 0.6 is 11.6 Å². The van der Waals surface area contributed by atoms with E-state index in [-0.39, 0.29) is 19.6 Å². The summed E-state index contributed by atoms with van der Waals surface area (Å²) < 4.78 is 36.3. The molecule has 5 rings (SSSR count). The number of nitrogens with zero attached hydrogens (tertiary/aromatic N) is 1. The van der Waals surface area contributed by atoms with Crippen molar-refractivity contribution in [2.45, 2.75) is 31.9 Å². The molecule has 4 aromatic rings. The summed E-state index contributed by atoms with van der Waals surface area (Å²) in [6, 6.07) is 20.1. The number of ether oxygens (including phenoxy) is 2. The fraction of sp³-hybridized carbons (Fsp3) is 0.300. The van der Waals surface area contributed by atoms with E-state index in [1.807, 2.05) is 61.5 Å². The van der Waals surface area contributed by atoms with Gasteiger partial charge < -0.3 is 19.6 Å². The van der Waals surface area contributed by atoms with Crippen LogP contribution in [0.4, 0.5) is 4.79 Å². The topological polar surface area (TPSA) is 121 Å². The minimum atomic E-state index is -3.37. The summed E-state index contributed by atoms with van der Waals surface area (Å²) in [6.45, 7) is 2.56. The molecule has 3 aromatic carbocycles. The first kappa shape index (κ1) is 28.9. The van der Waals surface area contributed by atoms with Gasteiger partial charge in [-0.25, -0.2) is 17.9 Å². The summed E-state index contributed by atoms with van der Waals surface area (Å²) in [6.07, 6.45) is 0.632. The van der Waals surface area contributed by atoms with Crippen molar-refractivity contribution in [3.8, 4) is 11.5 Å². The molecule has 1 amide bonds. The smallest absolute Gasteiger partial charge is 0.416 e. The first-order chi connectivity index (χ1) is 19.6. The third-order valence-electron chi connectivity index (χ3n) is 7.05. The quantitative estimate of drug-likeness (QED) is 0.251. The Hall–Kier alpha value is -3.57. The molecular formula is C30H32ClN3O6S. The molecule has 0 fully saturated rings. The highest BCUT2D eigenvalue weighted by molar-refractivity contribution is 7.88. The van der Waals surface area contributed by atoms with Crippen molar-refractivity contribution in [2.24, 2.45) is 0 Å². The zero-order valence-corrected chi connectivity index (χ0v) is 24.3. The van der Waals surface area contributed by atoms with Crippen LogP contribution < -0.4 is 14.2 Å². The van der Waals surface area contributed by atoms with Crippen molar-refractivity contribution < 1.29 is 27.8 Å². The Labute approximate surface area is 244 Å². The summed E-state index contributed by atoms with van der Waals surface area (Å²) >= 11 is 6.31. The van der Waals surface area contributed by atoms with Crippen molar-refractivity contribution >= 4 is 38.6 Å². The predicted octanol–water partition coefficient (Wildman–Crippen LogP) is 4.96. The van der Waals surface area contributed by atoms with E-state index in [0.29, 0.717) is 29.5 Å². The highest BCUT2D eigenvalue weighted by Crippen LogP contribution is 2.40. The third kappa shape index (κ3) is 7.02. The fourth-order valence-electron chi connectivity index (χ4n) is 4.98. The number of H-pyrrole nitrogens is 1. The summed E-state index contributed by atoms with van der Waals surface area (Å²) in [5, 5.41) is 11.7. The highest BCUT2D eigenvalue weighted by Gasteiger charge is 2.35. The van der Waals surface area contributed by atoms with Gasteiger partial charge in [-0.1, -0.05) is 41.4 Å². The second-order valence-electron chi connectivity index (χ2n) is 10.2. The number of carbonyl (C=O) groups excluding carboxylic acids is 1. The molecular weight excluding hydrogens is 566 g/mol. The van der Waals surface area contributed by atoms with Crippen molar-refractivity contribution in [3.05, 3.63) is 94.1 Å². The lowest BCUT2D eigenvalue weighted by atomic mass is 9.92. The molecule has 9 nitrogen and oxygen atoms in total. The Balaban J connectivity index is 1.37. The Morgan fingerprint density at radius 1 is 1.12 bits per heavy atom. The number of halogens is 1. The average molecular weight is 598 g/mol. The lowest BCUT2D eigenvalue weighted by Gasteiger charge is -2.35. The molecule has 0 bridgehead atoms. The molecule has 0 radical (unpaired) electrons. The van der Waals surface area contributed by atoms with Crippen molar-refractivity contribution in [1.29, 1.82) is 0 Å². The van der Waals surface area contributed by atoms with Gasteiger partial charge in [0, 0.05) is 41.1 Å². The van der Waals surface area contributed by atoms with Gasteiger partial charge in [0.25, 0.3) is 0 Å². The molecule has 1 unspecified atom stereocenters. The Morgan fingerprint density at radius 2 is 1.83 bits per heavy atom. The molecule has 216 valence electrons. The van der Waals surface area contributed by atoms with Crippen LogP contribution in [0.2, 0.25) is 5.02 Å². The molecule has 2 heterocycles. The Bertz CT molecular complexity index is 1640. The van der Waals surface area contributed by atoms with E-state index in [9.17, 15) is 18.3 Å². The zero-order valence-electron chi connectivity index (χ0n) is 22.8. The maximum atomic E-state index is 13.5. The minimum Gasteiger partial charge on any atom is -0.493 e. The molecule has 11 heteroatoms. The monoisotopic (exact) mass is 597 g/mol. The molecule has 1 aliphatic rings. The number of aromatic amines is 1. The van der Waals surface area contributed by atoms with E-state index >= 15 is 0 Å². The molecule has 0 spiro atoms. The highest BCUT2D eigenvalue weighted by atomic mass is 35.5. The van der Waals surface area contributed by atoms with Crippen LogP contribution in [-0.4, -0.2) is 61.6 Å². The van der Waals surface area contributed by atoms with Crippen LogP contribution in [-0.2, 0) is 16.4 Å². The van der Waals surface area contributed by atoms with E-state index < -0.39 is 28.3 Å². The van der Waals surface area contributed by atoms with Gasteiger partial charge in [0.1, 0.15) is 17.5 Å². The van der Waals surface area contributed by atoms with Crippen LogP contribution in [0.15, 0.2) is 66.7 Å². The second kappa shape index (κ2) is 12.1. The van der Waals surface area contributed by atoms with Gasteiger partial charge in [-0.3, -0.25) is 4.90 Å². The molecule has 1 aliphatic heterocycles. The van der Waals surface area contributed by atoms with Crippen LogP contribution in [0.3, 0.4) is 0 Å². The number of sulfonamides is 1. The average Bonchev–Trinajstić information content (AvgIpc) is 3.30. The molecule has 0 saturated carbocycles. The molecule has 1 aromatic heterocycles. The second-order valence-corrected chi connectivity index (χ2v) is 12.5. The van der Waals surface area contributed by atoms with E-state index in [1.54, 1.807) is 17.0 Å². The van der Waals surface area contributed by atoms with Gasteiger partial charge >= 0.3 is 6.09 Å². The number of hydrogen-bond donors (Lipinski definition) is 3.